The van der Waals surface area contributed by atoms with Crippen molar-refractivity contribution in [3.63, 3.8) is 0 Å². The highest BCUT2D eigenvalue weighted by Crippen LogP contribution is 1.81. The Hall–Kier alpha value is -0.790. The molecule has 2 heteroatoms. The first-order valence-corrected chi connectivity index (χ1v) is 4.52. The fraction of sp³-hybridized carbons (Fsp3) is 0.700. The lowest BCUT2D eigenvalue weighted by atomic mass is 10.3. The predicted molar refractivity (Wildman–Crippen MR) is 51.7 cm³/mol. The van der Waals surface area contributed by atoms with Crippen LogP contribution in [0.2, 0.25) is 0 Å². The summed E-state index contributed by atoms with van der Waals surface area (Å²) in [6.45, 7) is 10.5. The number of aryl methyl sites for hydroxylation is 1. The molecule has 1 heterocycles. The number of aromatic nitrogens is 1. The SMILES string of the molecule is CC.CC(C)C.C[n+]1ccco1. The molecule has 0 bridgehead atoms. The van der Waals surface area contributed by atoms with E-state index < -0.39 is 0 Å². The zero-order chi connectivity index (χ0) is 9.98. The second-order valence-electron chi connectivity index (χ2n) is 2.86. The van der Waals surface area contributed by atoms with E-state index in [1.165, 1.54) is 0 Å². The van der Waals surface area contributed by atoms with Gasteiger partial charge in [-0.25, -0.2) is 4.52 Å². The molecular weight excluding hydrogens is 150 g/mol. The second kappa shape index (κ2) is 10.2. The molecular formula is C10H22NO+. The van der Waals surface area contributed by atoms with Crippen LogP contribution in [-0.4, -0.2) is 0 Å². The topological polar surface area (TPSA) is 17.0 Å². The smallest absolute Gasteiger partial charge is 0.219 e. The molecule has 0 unspecified atom stereocenters. The molecule has 1 rings (SSSR count). The first-order valence-electron chi connectivity index (χ1n) is 4.52. The Kier molecular flexibility index (Phi) is 11.7. The summed E-state index contributed by atoms with van der Waals surface area (Å²) in [6, 6.07) is 1.83. The summed E-state index contributed by atoms with van der Waals surface area (Å²) in [6.07, 6.45) is 3.46. The molecule has 72 valence electrons. The maximum absolute atomic E-state index is 4.75. The average molecular weight is 172 g/mol. The molecule has 0 spiro atoms. The Balaban J connectivity index is 0. The van der Waals surface area contributed by atoms with Crippen molar-refractivity contribution in [3.8, 4) is 0 Å². The first-order chi connectivity index (χ1) is 5.63. The van der Waals surface area contributed by atoms with E-state index in [0.29, 0.717) is 0 Å². The van der Waals surface area contributed by atoms with Gasteiger partial charge in [0.05, 0.1) is 0 Å². The van der Waals surface area contributed by atoms with Gasteiger partial charge in [0.25, 0.3) is 0 Å². The minimum atomic E-state index is 0.833. The largest absolute Gasteiger partial charge is 0.245 e. The van der Waals surface area contributed by atoms with Crippen LogP contribution < -0.4 is 4.74 Å². The molecule has 0 aliphatic carbocycles. The maximum atomic E-state index is 4.75. The van der Waals surface area contributed by atoms with Crippen molar-refractivity contribution in [2.45, 2.75) is 34.6 Å². The van der Waals surface area contributed by atoms with Crippen LogP contribution in [-0.2, 0) is 7.05 Å². The van der Waals surface area contributed by atoms with Crippen molar-refractivity contribution in [3.05, 3.63) is 18.5 Å². The summed E-state index contributed by atoms with van der Waals surface area (Å²) in [7, 11) is 1.83. The van der Waals surface area contributed by atoms with Crippen molar-refractivity contribution < 1.29 is 9.26 Å². The molecule has 12 heavy (non-hydrogen) atoms. The molecule has 1 aromatic rings. The van der Waals surface area contributed by atoms with Crippen molar-refractivity contribution >= 4 is 0 Å². The standard InChI is InChI=1S/C4H6NO.C4H10.C2H6/c1-5-3-2-4-6-5;1-4(2)3;1-2/h2-4H,1H3;4H,1-3H3;1-2H3/q+1;;. The Morgan fingerprint density at radius 1 is 1.17 bits per heavy atom. The molecule has 0 saturated carbocycles. The van der Waals surface area contributed by atoms with Crippen LogP contribution in [0, 0.1) is 5.92 Å². The Labute approximate surface area is 76.2 Å². The van der Waals surface area contributed by atoms with Crippen LogP contribution in [0.15, 0.2) is 23.0 Å². The lowest BCUT2D eigenvalue weighted by Gasteiger charge is -1.79. The van der Waals surface area contributed by atoms with Crippen LogP contribution in [0.25, 0.3) is 0 Å². The van der Waals surface area contributed by atoms with E-state index in [2.05, 4.69) is 20.8 Å². The number of hydrogen-bond acceptors (Lipinski definition) is 1. The Bertz CT molecular complexity index is 142. The van der Waals surface area contributed by atoms with Gasteiger partial charge in [-0.2, -0.15) is 0 Å². The van der Waals surface area contributed by atoms with Gasteiger partial charge in [-0.1, -0.05) is 34.6 Å². The van der Waals surface area contributed by atoms with E-state index in [-0.39, 0.29) is 0 Å². The lowest BCUT2D eigenvalue weighted by molar-refractivity contribution is -0.845. The molecule has 2 nitrogen and oxygen atoms in total. The number of rotatable bonds is 0. The van der Waals surface area contributed by atoms with E-state index in [9.17, 15) is 0 Å². The third kappa shape index (κ3) is 16.1. The van der Waals surface area contributed by atoms with E-state index >= 15 is 0 Å². The van der Waals surface area contributed by atoms with Gasteiger partial charge in [0.15, 0.2) is 13.3 Å². The highest BCUT2D eigenvalue weighted by molar-refractivity contribution is 4.62. The molecule has 0 atom stereocenters. The van der Waals surface area contributed by atoms with Gasteiger partial charge in [-0.3, -0.25) is 0 Å². The van der Waals surface area contributed by atoms with Crippen molar-refractivity contribution in [1.82, 2.24) is 0 Å². The number of nitrogens with zero attached hydrogens (tertiary/aromatic N) is 1. The van der Waals surface area contributed by atoms with Crippen LogP contribution in [0.5, 0.6) is 0 Å². The minimum absolute atomic E-state index is 0.833. The molecule has 0 radical (unpaired) electrons. The van der Waals surface area contributed by atoms with Gasteiger partial charge in [0.1, 0.15) is 0 Å². The molecule has 0 fully saturated rings. The minimum Gasteiger partial charge on any atom is -0.245 e. The summed E-state index contributed by atoms with van der Waals surface area (Å²) in [5.41, 5.74) is 0. The van der Waals surface area contributed by atoms with E-state index in [4.69, 9.17) is 4.52 Å². The van der Waals surface area contributed by atoms with Crippen LogP contribution in [0.1, 0.15) is 34.6 Å². The Morgan fingerprint density at radius 2 is 1.58 bits per heavy atom. The predicted octanol–water partition coefficient (Wildman–Crippen LogP) is 2.79. The summed E-state index contributed by atoms with van der Waals surface area (Å²) in [5.74, 6) is 0.833. The first kappa shape index (κ1) is 13.8. The Morgan fingerprint density at radius 3 is 1.67 bits per heavy atom. The molecule has 0 aliphatic heterocycles. The highest BCUT2D eigenvalue weighted by atomic mass is 16.5. The van der Waals surface area contributed by atoms with Crippen molar-refractivity contribution in [2.75, 3.05) is 0 Å². The fourth-order valence-electron chi connectivity index (χ4n) is 0.323. The van der Waals surface area contributed by atoms with Gasteiger partial charge in [0, 0.05) is 6.07 Å². The van der Waals surface area contributed by atoms with Crippen LogP contribution in [0.3, 0.4) is 0 Å². The molecule has 0 N–H and O–H groups in total. The van der Waals surface area contributed by atoms with Gasteiger partial charge in [-0.05, 0) is 10.7 Å². The van der Waals surface area contributed by atoms with E-state index in [1.807, 2.05) is 33.2 Å². The highest BCUT2D eigenvalue weighted by Gasteiger charge is 1.83. The summed E-state index contributed by atoms with van der Waals surface area (Å²) in [4.78, 5) is 0. The fourth-order valence-corrected chi connectivity index (χ4v) is 0.323. The lowest BCUT2D eigenvalue weighted by Crippen LogP contribution is -2.22. The van der Waals surface area contributed by atoms with Crippen molar-refractivity contribution in [1.29, 1.82) is 0 Å². The average Bonchev–Trinajstić information content (AvgIpc) is 2.43. The molecule has 0 aliphatic rings. The van der Waals surface area contributed by atoms with Gasteiger partial charge in [-0.15, -0.1) is 0 Å². The zero-order valence-corrected chi connectivity index (χ0v) is 9.16. The summed E-state index contributed by atoms with van der Waals surface area (Å²) >= 11 is 0. The third-order valence-electron chi connectivity index (χ3n) is 0.602. The van der Waals surface area contributed by atoms with Crippen LogP contribution in [0.4, 0.5) is 0 Å². The molecule has 0 aromatic carbocycles. The summed E-state index contributed by atoms with van der Waals surface area (Å²) in [5, 5.41) is 0. The van der Waals surface area contributed by atoms with Gasteiger partial charge < -0.3 is 0 Å². The molecule has 1 aromatic heterocycles. The monoisotopic (exact) mass is 172 g/mol. The number of hydrogen-bond donors (Lipinski definition) is 0. The maximum Gasteiger partial charge on any atom is 0.219 e. The third-order valence-corrected chi connectivity index (χ3v) is 0.602. The van der Waals surface area contributed by atoms with E-state index in [0.717, 1.165) is 5.92 Å². The van der Waals surface area contributed by atoms with Gasteiger partial charge in [0.2, 0.25) is 6.20 Å². The van der Waals surface area contributed by atoms with Crippen molar-refractivity contribution in [2.24, 2.45) is 13.0 Å². The summed E-state index contributed by atoms with van der Waals surface area (Å²) < 4.78 is 6.38. The zero-order valence-electron chi connectivity index (χ0n) is 9.16. The molecule has 0 amide bonds. The van der Waals surface area contributed by atoms with E-state index in [1.54, 1.807) is 11.0 Å². The van der Waals surface area contributed by atoms with Crippen LogP contribution >= 0.6 is 0 Å². The normalized spacial score (nSPS) is 7.92. The second-order valence-corrected chi connectivity index (χ2v) is 2.86. The quantitative estimate of drug-likeness (QED) is 0.550. The van der Waals surface area contributed by atoms with Gasteiger partial charge >= 0.3 is 0 Å². The molecule has 0 saturated heterocycles.